The van der Waals surface area contributed by atoms with Gasteiger partial charge in [0.2, 0.25) is 0 Å². The summed E-state index contributed by atoms with van der Waals surface area (Å²) in [7, 11) is 0. The first-order valence-electron chi connectivity index (χ1n) is 8.89. The average molecular weight is 337 g/mol. The van der Waals surface area contributed by atoms with Crippen LogP contribution in [0.25, 0.3) is 11.5 Å². The monoisotopic (exact) mass is 337 g/mol. The van der Waals surface area contributed by atoms with Gasteiger partial charge in [0.1, 0.15) is 5.75 Å². The lowest BCUT2D eigenvalue weighted by Crippen LogP contribution is -2.13. The molecule has 5 heteroatoms. The lowest BCUT2D eigenvalue weighted by atomic mass is 9.83. The molecule has 5 nitrogen and oxygen atoms in total. The van der Waals surface area contributed by atoms with Gasteiger partial charge in [-0.05, 0) is 57.2 Å². The van der Waals surface area contributed by atoms with Gasteiger partial charge in [0, 0.05) is 11.5 Å². The number of hydrogen-bond acceptors (Lipinski definition) is 5. The quantitative estimate of drug-likeness (QED) is 0.832. The van der Waals surface area contributed by atoms with Crippen LogP contribution in [0.3, 0.4) is 0 Å². The van der Waals surface area contributed by atoms with E-state index in [-0.39, 0.29) is 12.0 Å². The standard InChI is InChI=1S/C20H23N3O2/c1-12(2)24-18-10-9-14(11-17(18)21)20-22-19(23-25-20)16-8-4-6-13-5-3-7-15(13)16/h4,6,8-12,15-16H,3,5,7,21H2,1-2H3. The van der Waals surface area contributed by atoms with Crippen molar-refractivity contribution in [3.05, 3.63) is 47.8 Å². The summed E-state index contributed by atoms with van der Waals surface area (Å²) in [6.07, 6.45) is 10.2. The van der Waals surface area contributed by atoms with Crippen molar-refractivity contribution in [2.24, 2.45) is 5.92 Å². The molecule has 1 aromatic carbocycles. The molecule has 0 saturated heterocycles. The van der Waals surface area contributed by atoms with Gasteiger partial charge in [-0.1, -0.05) is 29.0 Å². The normalized spacial score (nSPS) is 22.1. The number of anilines is 1. The molecule has 1 saturated carbocycles. The topological polar surface area (TPSA) is 74.2 Å². The van der Waals surface area contributed by atoms with Gasteiger partial charge >= 0.3 is 0 Å². The van der Waals surface area contributed by atoms with Gasteiger partial charge in [0.25, 0.3) is 5.89 Å². The molecule has 2 aliphatic rings. The predicted octanol–water partition coefficient (Wildman–Crippen LogP) is 4.49. The Morgan fingerprint density at radius 2 is 2.20 bits per heavy atom. The van der Waals surface area contributed by atoms with Crippen molar-refractivity contribution in [2.45, 2.75) is 45.1 Å². The molecule has 1 aromatic heterocycles. The number of ether oxygens (including phenoxy) is 1. The van der Waals surface area contributed by atoms with Crippen LogP contribution in [0.1, 0.15) is 44.9 Å². The first kappa shape index (κ1) is 15.9. The van der Waals surface area contributed by atoms with Crippen LogP contribution >= 0.6 is 0 Å². The SMILES string of the molecule is CC(C)Oc1ccc(-c2nc(C3C=CC=C4CCCC43)no2)cc1N. The highest BCUT2D eigenvalue weighted by Gasteiger charge is 2.33. The molecule has 2 aromatic rings. The highest BCUT2D eigenvalue weighted by molar-refractivity contribution is 5.65. The van der Waals surface area contributed by atoms with Gasteiger partial charge in [-0.3, -0.25) is 0 Å². The zero-order valence-corrected chi connectivity index (χ0v) is 14.6. The third-order valence-electron chi connectivity index (χ3n) is 4.88. The van der Waals surface area contributed by atoms with Crippen LogP contribution in [-0.4, -0.2) is 16.2 Å². The van der Waals surface area contributed by atoms with E-state index in [2.05, 4.69) is 28.4 Å². The summed E-state index contributed by atoms with van der Waals surface area (Å²) in [5, 5.41) is 4.24. The minimum atomic E-state index is 0.0786. The Morgan fingerprint density at radius 3 is 3.00 bits per heavy atom. The van der Waals surface area contributed by atoms with Crippen molar-refractivity contribution in [3.8, 4) is 17.2 Å². The molecule has 2 N–H and O–H groups in total. The number of nitrogens with two attached hydrogens (primary N) is 1. The van der Waals surface area contributed by atoms with Crippen molar-refractivity contribution in [1.82, 2.24) is 10.1 Å². The Labute approximate surface area is 147 Å². The van der Waals surface area contributed by atoms with E-state index in [0.717, 1.165) is 11.4 Å². The first-order valence-corrected chi connectivity index (χ1v) is 8.89. The largest absolute Gasteiger partial charge is 0.489 e. The van der Waals surface area contributed by atoms with Crippen LogP contribution in [0.2, 0.25) is 0 Å². The number of rotatable bonds is 4. The number of benzene rings is 1. The molecule has 25 heavy (non-hydrogen) atoms. The van der Waals surface area contributed by atoms with E-state index in [4.69, 9.17) is 15.0 Å². The van der Waals surface area contributed by atoms with E-state index in [1.54, 1.807) is 0 Å². The van der Waals surface area contributed by atoms with Crippen LogP contribution in [0.4, 0.5) is 5.69 Å². The van der Waals surface area contributed by atoms with Gasteiger partial charge in [0.15, 0.2) is 5.82 Å². The lowest BCUT2D eigenvalue weighted by molar-refractivity contribution is 0.244. The van der Waals surface area contributed by atoms with E-state index < -0.39 is 0 Å². The minimum absolute atomic E-state index is 0.0786. The summed E-state index contributed by atoms with van der Waals surface area (Å²) in [5.74, 6) is 2.66. The zero-order chi connectivity index (χ0) is 17.4. The molecule has 1 fully saturated rings. The Morgan fingerprint density at radius 1 is 1.32 bits per heavy atom. The van der Waals surface area contributed by atoms with Gasteiger partial charge in [-0.15, -0.1) is 0 Å². The molecule has 0 radical (unpaired) electrons. The zero-order valence-electron chi connectivity index (χ0n) is 14.6. The predicted molar refractivity (Wildman–Crippen MR) is 97.2 cm³/mol. The maximum absolute atomic E-state index is 6.09. The molecule has 2 atom stereocenters. The summed E-state index contributed by atoms with van der Waals surface area (Å²) in [4.78, 5) is 4.64. The molecule has 0 aliphatic heterocycles. The Kier molecular flexibility index (Phi) is 4.07. The number of nitrogens with zero attached hydrogens (tertiary/aromatic N) is 2. The number of hydrogen-bond donors (Lipinski definition) is 1. The molecule has 0 bridgehead atoms. The van der Waals surface area contributed by atoms with Crippen LogP contribution in [0, 0.1) is 5.92 Å². The lowest BCUT2D eigenvalue weighted by Gasteiger charge is -2.21. The van der Waals surface area contributed by atoms with E-state index >= 15 is 0 Å². The minimum Gasteiger partial charge on any atom is -0.489 e. The number of fused-ring (bicyclic) bond motifs is 1. The maximum atomic E-state index is 6.09. The van der Waals surface area contributed by atoms with Gasteiger partial charge < -0.3 is 15.0 Å². The fourth-order valence-corrected chi connectivity index (χ4v) is 3.74. The summed E-state index contributed by atoms with van der Waals surface area (Å²) in [6.45, 7) is 3.95. The van der Waals surface area contributed by atoms with E-state index in [0.29, 0.717) is 23.2 Å². The third-order valence-corrected chi connectivity index (χ3v) is 4.88. The Bertz CT molecular complexity index is 835. The van der Waals surface area contributed by atoms with Crippen molar-refractivity contribution >= 4 is 5.69 Å². The second-order valence-electron chi connectivity index (χ2n) is 7.03. The maximum Gasteiger partial charge on any atom is 0.258 e. The molecule has 2 unspecified atom stereocenters. The Balaban J connectivity index is 1.58. The van der Waals surface area contributed by atoms with Crippen LogP contribution in [0.5, 0.6) is 5.75 Å². The first-order chi connectivity index (χ1) is 12.1. The highest BCUT2D eigenvalue weighted by atomic mass is 16.5. The number of nitrogen functional groups attached to an aromatic ring is 1. The number of allylic oxidation sites excluding steroid dienone is 4. The second kappa shape index (κ2) is 6.39. The smallest absolute Gasteiger partial charge is 0.258 e. The molecular formula is C20H23N3O2. The number of aromatic nitrogens is 2. The van der Waals surface area contributed by atoms with Crippen molar-refractivity contribution in [2.75, 3.05) is 5.73 Å². The second-order valence-corrected chi connectivity index (χ2v) is 7.03. The average Bonchev–Trinajstić information content (AvgIpc) is 3.24. The molecule has 1 heterocycles. The molecule has 0 spiro atoms. The molecule has 2 aliphatic carbocycles. The fourth-order valence-electron chi connectivity index (χ4n) is 3.74. The van der Waals surface area contributed by atoms with Crippen LogP contribution in [0.15, 0.2) is 46.5 Å². The van der Waals surface area contributed by atoms with Crippen LogP contribution in [-0.2, 0) is 0 Å². The van der Waals surface area contributed by atoms with Crippen LogP contribution < -0.4 is 10.5 Å². The van der Waals surface area contributed by atoms with Crippen molar-refractivity contribution in [3.63, 3.8) is 0 Å². The van der Waals surface area contributed by atoms with Gasteiger partial charge in [-0.25, -0.2) is 0 Å². The summed E-state index contributed by atoms with van der Waals surface area (Å²) in [5.41, 5.74) is 8.99. The fraction of sp³-hybridized carbons (Fsp3) is 0.400. The molecule has 0 amide bonds. The molecule has 4 rings (SSSR count). The van der Waals surface area contributed by atoms with E-state index in [1.165, 1.54) is 24.8 Å². The van der Waals surface area contributed by atoms with E-state index in [1.807, 2.05) is 32.0 Å². The molecular weight excluding hydrogens is 314 g/mol. The molecule has 130 valence electrons. The van der Waals surface area contributed by atoms with Gasteiger partial charge in [0.05, 0.1) is 11.8 Å². The summed E-state index contributed by atoms with van der Waals surface area (Å²) in [6, 6.07) is 5.59. The van der Waals surface area contributed by atoms with Crippen molar-refractivity contribution in [1.29, 1.82) is 0 Å². The van der Waals surface area contributed by atoms with Gasteiger partial charge in [-0.2, -0.15) is 4.98 Å². The Hall–Kier alpha value is -2.56. The van der Waals surface area contributed by atoms with E-state index in [9.17, 15) is 0 Å². The summed E-state index contributed by atoms with van der Waals surface area (Å²) < 4.78 is 11.2. The summed E-state index contributed by atoms with van der Waals surface area (Å²) >= 11 is 0. The third kappa shape index (κ3) is 3.06. The van der Waals surface area contributed by atoms with Crippen molar-refractivity contribution < 1.29 is 9.26 Å². The highest BCUT2D eigenvalue weighted by Crippen LogP contribution is 2.43.